The molecule has 2 aromatic carbocycles. The van der Waals surface area contributed by atoms with Gasteiger partial charge in [-0.15, -0.1) is 0 Å². The molecule has 2 saturated carbocycles. The fourth-order valence-electron chi connectivity index (χ4n) is 5.97. The smallest absolute Gasteiger partial charge is 0.251 e. The number of pyridine rings is 1. The van der Waals surface area contributed by atoms with Gasteiger partial charge in [0.2, 0.25) is 5.95 Å². The van der Waals surface area contributed by atoms with Gasteiger partial charge in [0.05, 0.1) is 0 Å². The molecule has 2 aliphatic carbocycles. The Balaban J connectivity index is 1.04. The number of rotatable bonds is 9. The highest BCUT2D eigenvalue weighted by molar-refractivity contribution is 7.97. The zero-order chi connectivity index (χ0) is 32.7. The minimum atomic E-state index is -0.0700. The third kappa shape index (κ3) is 8.72. The van der Waals surface area contributed by atoms with E-state index < -0.39 is 0 Å². The third-order valence-corrected chi connectivity index (χ3v) is 10.1. The number of likely N-dealkylation sites (N-methyl/N-ethyl adjacent to an activating group) is 1. The van der Waals surface area contributed by atoms with Crippen LogP contribution in [-0.2, 0) is 0 Å². The standard InChI is InChI=1S/C38H42N8OS/c1-45-21-23-46(24-22-45)48-34-17-10-28(11-18-34)35-26-40-38(44-36(35)41-30-5-3-2-4-6-30)43-32-12-7-27(8-13-32)9-14-33-25-29(19-20-39-33)37(47)42-31-15-16-31/h7-8,10-13,17-20,25-26,30-31H,2-6,15-16,21-24H2,1H3,(H,42,47)(H2,40,41,43,44). The Kier molecular flexibility index (Phi) is 10.2. The molecule has 4 aromatic rings. The number of carbonyl (C=O) groups excluding carboxylic acids is 1. The third-order valence-electron chi connectivity index (χ3n) is 9.01. The first kappa shape index (κ1) is 32.1. The zero-order valence-electron chi connectivity index (χ0n) is 27.4. The van der Waals surface area contributed by atoms with Crippen molar-refractivity contribution >= 4 is 35.3 Å². The van der Waals surface area contributed by atoms with Gasteiger partial charge in [-0.3, -0.25) is 4.79 Å². The Morgan fingerprint density at radius 3 is 2.38 bits per heavy atom. The summed E-state index contributed by atoms with van der Waals surface area (Å²) in [5.74, 6) is 7.59. The van der Waals surface area contributed by atoms with Crippen LogP contribution in [0.15, 0.2) is 78.0 Å². The van der Waals surface area contributed by atoms with Crippen LogP contribution in [0.3, 0.4) is 0 Å². The fraction of sp³-hybridized carbons (Fsp3) is 0.368. The predicted octanol–water partition coefficient (Wildman–Crippen LogP) is 6.57. The summed E-state index contributed by atoms with van der Waals surface area (Å²) in [6.45, 7) is 4.35. The lowest BCUT2D eigenvalue weighted by molar-refractivity contribution is 0.0951. The number of amides is 1. The van der Waals surface area contributed by atoms with Crippen molar-refractivity contribution in [3.63, 3.8) is 0 Å². The van der Waals surface area contributed by atoms with E-state index in [1.165, 1.54) is 24.2 Å². The number of hydrogen-bond donors (Lipinski definition) is 3. The van der Waals surface area contributed by atoms with Gasteiger partial charge >= 0.3 is 0 Å². The predicted molar refractivity (Wildman–Crippen MR) is 193 cm³/mol. The van der Waals surface area contributed by atoms with Gasteiger partial charge in [-0.05, 0) is 105 Å². The van der Waals surface area contributed by atoms with E-state index in [0.29, 0.717) is 29.3 Å². The molecule has 0 unspecified atom stereocenters. The maximum atomic E-state index is 12.4. The molecule has 246 valence electrons. The van der Waals surface area contributed by atoms with Crippen LogP contribution in [-0.4, -0.2) is 75.4 Å². The van der Waals surface area contributed by atoms with E-state index in [2.05, 4.69) is 73.3 Å². The Hall–Kier alpha value is -4.43. The molecule has 1 aliphatic heterocycles. The van der Waals surface area contributed by atoms with Gasteiger partial charge < -0.3 is 20.9 Å². The zero-order valence-corrected chi connectivity index (χ0v) is 28.2. The Bertz CT molecular complexity index is 1770. The van der Waals surface area contributed by atoms with Crippen LogP contribution in [0.5, 0.6) is 0 Å². The molecule has 3 aliphatic rings. The summed E-state index contributed by atoms with van der Waals surface area (Å²) < 4.78 is 2.45. The van der Waals surface area contributed by atoms with E-state index in [0.717, 1.165) is 80.1 Å². The van der Waals surface area contributed by atoms with E-state index in [-0.39, 0.29) is 5.91 Å². The van der Waals surface area contributed by atoms with Gasteiger partial charge in [-0.2, -0.15) is 4.98 Å². The molecule has 7 rings (SSSR count). The first-order valence-electron chi connectivity index (χ1n) is 17.1. The number of aromatic nitrogens is 3. The van der Waals surface area contributed by atoms with Gasteiger partial charge in [0.1, 0.15) is 11.5 Å². The average Bonchev–Trinajstić information content (AvgIpc) is 3.94. The second kappa shape index (κ2) is 15.2. The lowest BCUT2D eigenvalue weighted by atomic mass is 9.95. The van der Waals surface area contributed by atoms with Crippen LogP contribution < -0.4 is 16.0 Å². The Morgan fingerprint density at radius 2 is 1.62 bits per heavy atom. The van der Waals surface area contributed by atoms with Crippen molar-refractivity contribution in [1.29, 1.82) is 0 Å². The van der Waals surface area contributed by atoms with Gasteiger partial charge in [-0.1, -0.05) is 37.3 Å². The maximum Gasteiger partial charge on any atom is 0.251 e. The summed E-state index contributed by atoms with van der Waals surface area (Å²) in [6.07, 6.45) is 11.8. The minimum Gasteiger partial charge on any atom is -0.367 e. The summed E-state index contributed by atoms with van der Waals surface area (Å²) in [5, 5.41) is 10.2. The summed E-state index contributed by atoms with van der Waals surface area (Å²) in [5.41, 5.74) is 4.99. The fourth-order valence-corrected chi connectivity index (χ4v) is 6.87. The van der Waals surface area contributed by atoms with Crippen molar-refractivity contribution in [3.8, 4) is 23.0 Å². The van der Waals surface area contributed by atoms with Gasteiger partial charge in [0.25, 0.3) is 5.91 Å². The van der Waals surface area contributed by atoms with Crippen LogP contribution in [0.1, 0.15) is 66.6 Å². The molecule has 0 radical (unpaired) electrons. The lowest BCUT2D eigenvalue weighted by Crippen LogP contribution is -2.40. The molecule has 0 bridgehead atoms. The Labute approximate surface area is 287 Å². The normalized spacial score (nSPS) is 17.3. The summed E-state index contributed by atoms with van der Waals surface area (Å²) in [4.78, 5) is 30.0. The van der Waals surface area contributed by atoms with Crippen LogP contribution in [0.25, 0.3) is 11.1 Å². The average molecular weight is 659 g/mol. The van der Waals surface area contributed by atoms with Crippen molar-refractivity contribution in [3.05, 3.63) is 89.9 Å². The summed E-state index contributed by atoms with van der Waals surface area (Å²) >= 11 is 1.84. The molecule has 2 aromatic heterocycles. The molecule has 10 heteroatoms. The van der Waals surface area contributed by atoms with E-state index in [9.17, 15) is 4.79 Å². The molecule has 3 N–H and O–H groups in total. The van der Waals surface area contributed by atoms with Gasteiger partial charge in [0, 0.05) is 77.9 Å². The monoisotopic (exact) mass is 658 g/mol. The second-order valence-electron chi connectivity index (χ2n) is 12.9. The van der Waals surface area contributed by atoms with E-state index in [1.54, 1.807) is 18.3 Å². The molecular weight excluding hydrogens is 617 g/mol. The van der Waals surface area contributed by atoms with Gasteiger partial charge in [-0.25, -0.2) is 14.3 Å². The number of piperazine rings is 1. The number of carbonyl (C=O) groups is 1. The van der Waals surface area contributed by atoms with E-state index in [1.807, 2.05) is 42.4 Å². The van der Waals surface area contributed by atoms with Gasteiger partial charge in [0.15, 0.2) is 0 Å². The number of benzene rings is 2. The number of hydrogen-bond acceptors (Lipinski definition) is 9. The highest BCUT2D eigenvalue weighted by atomic mass is 32.2. The quantitative estimate of drug-likeness (QED) is 0.136. The van der Waals surface area contributed by atoms with Crippen molar-refractivity contribution in [2.45, 2.75) is 61.9 Å². The number of nitrogens with zero attached hydrogens (tertiary/aromatic N) is 5. The van der Waals surface area contributed by atoms with Crippen LogP contribution in [0.2, 0.25) is 0 Å². The molecule has 1 saturated heterocycles. The topological polar surface area (TPSA) is 98.3 Å². The molecular formula is C38H42N8OS. The van der Waals surface area contributed by atoms with Crippen molar-refractivity contribution < 1.29 is 4.79 Å². The van der Waals surface area contributed by atoms with E-state index in [4.69, 9.17) is 9.97 Å². The Morgan fingerprint density at radius 1 is 0.854 bits per heavy atom. The first-order valence-corrected chi connectivity index (χ1v) is 17.8. The second-order valence-corrected chi connectivity index (χ2v) is 14.1. The highest BCUT2D eigenvalue weighted by Gasteiger charge is 2.24. The number of anilines is 3. The van der Waals surface area contributed by atoms with Crippen molar-refractivity contribution in [2.75, 3.05) is 43.9 Å². The molecule has 48 heavy (non-hydrogen) atoms. The SMILES string of the molecule is CN1CCN(Sc2ccc(-c3cnc(Nc4ccc(C#Cc5cc(C(=O)NC6CC6)ccn5)cc4)nc3NC3CCCCC3)cc2)CC1. The molecule has 0 spiro atoms. The summed E-state index contributed by atoms with van der Waals surface area (Å²) in [7, 11) is 2.19. The lowest BCUT2D eigenvalue weighted by Gasteiger charge is -2.31. The van der Waals surface area contributed by atoms with Crippen molar-refractivity contribution in [2.24, 2.45) is 0 Å². The number of nitrogens with one attached hydrogen (secondary N) is 3. The van der Waals surface area contributed by atoms with Crippen LogP contribution in [0.4, 0.5) is 17.5 Å². The molecule has 3 fully saturated rings. The van der Waals surface area contributed by atoms with Crippen molar-refractivity contribution in [1.82, 2.24) is 29.5 Å². The maximum absolute atomic E-state index is 12.4. The van der Waals surface area contributed by atoms with Crippen LogP contribution in [0, 0.1) is 11.8 Å². The first-order chi connectivity index (χ1) is 23.5. The largest absolute Gasteiger partial charge is 0.367 e. The minimum absolute atomic E-state index is 0.0700. The highest BCUT2D eigenvalue weighted by Crippen LogP contribution is 2.32. The molecule has 9 nitrogen and oxygen atoms in total. The molecule has 0 atom stereocenters. The van der Waals surface area contributed by atoms with E-state index >= 15 is 0 Å². The molecule has 1 amide bonds. The van der Waals surface area contributed by atoms with Crippen LogP contribution >= 0.6 is 11.9 Å². The summed E-state index contributed by atoms with van der Waals surface area (Å²) in [6, 6.07) is 20.8. The molecule has 3 heterocycles.